The van der Waals surface area contributed by atoms with E-state index in [4.69, 9.17) is 0 Å². The van der Waals surface area contributed by atoms with Gasteiger partial charge in [0.2, 0.25) is 0 Å². The van der Waals surface area contributed by atoms with Gasteiger partial charge in [-0.3, -0.25) is 0 Å². The van der Waals surface area contributed by atoms with Crippen LogP contribution in [0.4, 0.5) is 0 Å². The van der Waals surface area contributed by atoms with E-state index in [0.29, 0.717) is 0 Å². The second-order valence-corrected chi connectivity index (χ2v) is 6.73. The number of thiophene rings is 1. The van der Waals surface area contributed by atoms with Crippen molar-refractivity contribution in [1.82, 2.24) is 10.2 Å². The van der Waals surface area contributed by atoms with E-state index in [-0.39, 0.29) is 0 Å². The molecule has 3 heteroatoms. The third-order valence-electron chi connectivity index (χ3n) is 4.21. The molecule has 18 heavy (non-hydrogen) atoms. The lowest BCUT2D eigenvalue weighted by molar-refractivity contribution is 0.212. The fourth-order valence-electron chi connectivity index (χ4n) is 2.95. The van der Waals surface area contributed by atoms with Gasteiger partial charge in [0.25, 0.3) is 0 Å². The molecule has 0 aliphatic heterocycles. The second-order valence-electron chi connectivity index (χ2n) is 5.73. The first-order chi connectivity index (χ1) is 8.69. The van der Waals surface area contributed by atoms with Crippen molar-refractivity contribution >= 4 is 11.3 Å². The maximum Gasteiger partial charge on any atom is 0.0327 e. The van der Waals surface area contributed by atoms with Gasteiger partial charge in [-0.1, -0.05) is 0 Å². The molecule has 2 nitrogen and oxygen atoms in total. The van der Waals surface area contributed by atoms with Gasteiger partial charge in [0.1, 0.15) is 0 Å². The minimum absolute atomic E-state index is 0.770. The summed E-state index contributed by atoms with van der Waals surface area (Å²) in [5.74, 6) is 0.903. The minimum Gasteiger partial charge on any atom is -0.317 e. The fourth-order valence-corrected chi connectivity index (χ4v) is 3.94. The lowest BCUT2D eigenvalue weighted by atomic mass is 9.86. The first kappa shape index (κ1) is 14.0. The van der Waals surface area contributed by atoms with E-state index in [1.165, 1.54) is 42.7 Å². The molecule has 1 aliphatic carbocycles. The lowest BCUT2D eigenvalue weighted by Crippen LogP contribution is -2.34. The molecule has 0 unspecified atom stereocenters. The van der Waals surface area contributed by atoms with Crippen LogP contribution in [0.1, 0.15) is 36.1 Å². The van der Waals surface area contributed by atoms with Gasteiger partial charge in [0.15, 0.2) is 0 Å². The van der Waals surface area contributed by atoms with Crippen molar-refractivity contribution in [2.24, 2.45) is 5.92 Å². The fraction of sp³-hybridized carbons (Fsp3) is 0.733. The average Bonchev–Trinajstić information content (AvgIpc) is 2.76. The highest BCUT2D eigenvalue weighted by Crippen LogP contribution is 2.25. The standard InChI is InChI=1S/C15H26N2S/c1-12-8-9-18-15(12)11-17(3)10-13-4-6-14(16-2)7-5-13/h8-9,13-14,16H,4-7,10-11H2,1-3H3. The molecule has 1 aliphatic rings. The van der Waals surface area contributed by atoms with Gasteiger partial charge >= 0.3 is 0 Å². The summed E-state index contributed by atoms with van der Waals surface area (Å²) in [6, 6.07) is 3.00. The quantitative estimate of drug-likeness (QED) is 0.880. The van der Waals surface area contributed by atoms with Crippen molar-refractivity contribution in [3.63, 3.8) is 0 Å². The summed E-state index contributed by atoms with van der Waals surface area (Å²) in [6.45, 7) is 4.60. The smallest absolute Gasteiger partial charge is 0.0327 e. The molecular formula is C15H26N2S. The van der Waals surface area contributed by atoms with E-state index < -0.39 is 0 Å². The number of rotatable bonds is 5. The highest BCUT2D eigenvalue weighted by Gasteiger charge is 2.21. The Balaban J connectivity index is 1.75. The number of hydrogen-bond donors (Lipinski definition) is 1. The Morgan fingerprint density at radius 3 is 2.61 bits per heavy atom. The van der Waals surface area contributed by atoms with Crippen LogP contribution in [0.2, 0.25) is 0 Å². The molecule has 1 fully saturated rings. The average molecular weight is 266 g/mol. The van der Waals surface area contributed by atoms with E-state index in [0.717, 1.165) is 18.5 Å². The Hall–Kier alpha value is -0.380. The molecule has 1 saturated carbocycles. The molecule has 0 amide bonds. The number of hydrogen-bond acceptors (Lipinski definition) is 3. The van der Waals surface area contributed by atoms with Crippen LogP contribution in [0.5, 0.6) is 0 Å². The molecule has 1 aromatic heterocycles. The Morgan fingerprint density at radius 2 is 2.06 bits per heavy atom. The zero-order valence-corrected chi connectivity index (χ0v) is 12.7. The first-order valence-corrected chi connectivity index (χ1v) is 7.95. The maximum atomic E-state index is 3.41. The predicted octanol–water partition coefficient (Wildman–Crippen LogP) is 3.27. The summed E-state index contributed by atoms with van der Waals surface area (Å²) in [4.78, 5) is 4.03. The van der Waals surface area contributed by atoms with E-state index in [1.54, 1.807) is 0 Å². The molecule has 0 aromatic carbocycles. The first-order valence-electron chi connectivity index (χ1n) is 7.07. The Morgan fingerprint density at radius 1 is 1.33 bits per heavy atom. The van der Waals surface area contributed by atoms with Crippen molar-refractivity contribution in [3.05, 3.63) is 21.9 Å². The Bertz CT molecular complexity index is 353. The van der Waals surface area contributed by atoms with E-state index in [2.05, 4.69) is 42.7 Å². The van der Waals surface area contributed by atoms with Crippen molar-refractivity contribution in [1.29, 1.82) is 0 Å². The van der Waals surface area contributed by atoms with Crippen LogP contribution in [-0.2, 0) is 6.54 Å². The summed E-state index contributed by atoms with van der Waals surface area (Å²) >= 11 is 1.89. The summed E-state index contributed by atoms with van der Waals surface area (Å²) in [5, 5.41) is 5.61. The summed E-state index contributed by atoms with van der Waals surface area (Å²) < 4.78 is 0. The molecule has 1 heterocycles. The molecule has 1 N–H and O–H groups in total. The molecule has 2 rings (SSSR count). The minimum atomic E-state index is 0.770. The number of nitrogens with zero attached hydrogens (tertiary/aromatic N) is 1. The largest absolute Gasteiger partial charge is 0.317 e. The van der Waals surface area contributed by atoms with Crippen molar-refractivity contribution < 1.29 is 0 Å². The highest BCUT2D eigenvalue weighted by atomic mass is 32.1. The third kappa shape index (κ3) is 3.81. The second kappa shape index (κ2) is 6.69. The zero-order chi connectivity index (χ0) is 13.0. The van der Waals surface area contributed by atoms with Crippen LogP contribution in [-0.4, -0.2) is 31.6 Å². The molecule has 0 radical (unpaired) electrons. The molecule has 102 valence electrons. The molecular weight excluding hydrogens is 240 g/mol. The summed E-state index contributed by atoms with van der Waals surface area (Å²) in [5.41, 5.74) is 1.45. The van der Waals surface area contributed by atoms with Gasteiger partial charge in [0.05, 0.1) is 0 Å². The molecule has 0 bridgehead atoms. The number of nitrogens with one attached hydrogen (secondary N) is 1. The van der Waals surface area contributed by atoms with Gasteiger partial charge in [-0.2, -0.15) is 0 Å². The summed E-state index contributed by atoms with van der Waals surface area (Å²) in [7, 11) is 4.36. The van der Waals surface area contributed by atoms with Crippen LogP contribution in [0.15, 0.2) is 11.4 Å². The molecule has 0 spiro atoms. The van der Waals surface area contributed by atoms with E-state index in [1.807, 2.05) is 11.3 Å². The monoisotopic (exact) mass is 266 g/mol. The lowest BCUT2D eigenvalue weighted by Gasteiger charge is -2.31. The van der Waals surface area contributed by atoms with Crippen LogP contribution in [0.25, 0.3) is 0 Å². The predicted molar refractivity (Wildman–Crippen MR) is 80.2 cm³/mol. The zero-order valence-electron chi connectivity index (χ0n) is 11.9. The van der Waals surface area contributed by atoms with Crippen molar-refractivity contribution in [3.8, 4) is 0 Å². The van der Waals surface area contributed by atoms with Gasteiger partial charge < -0.3 is 10.2 Å². The van der Waals surface area contributed by atoms with E-state index >= 15 is 0 Å². The van der Waals surface area contributed by atoms with Gasteiger partial charge in [-0.25, -0.2) is 0 Å². The summed E-state index contributed by atoms with van der Waals surface area (Å²) in [6.07, 6.45) is 5.48. The van der Waals surface area contributed by atoms with Crippen LogP contribution in [0.3, 0.4) is 0 Å². The van der Waals surface area contributed by atoms with Gasteiger partial charge in [-0.15, -0.1) is 11.3 Å². The normalized spacial score (nSPS) is 24.7. The highest BCUT2D eigenvalue weighted by molar-refractivity contribution is 7.10. The molecule has 1 aromatic rings. The molecule has 0 saturated heterocycles. The maximum absolute atomic E-state index is 3.41. The Labute approximate surface area is 115 Å². The van der Waals surface area contributed by atoms with E-state index in [9.17, 15) is 0 Å². The molecule has 0 atom stereocenters. The topological polar surface area (TPSA) is 15.3 Å². The SMILES string of the molecule is CNC1CCC(CN(C)Cc2sccc2C)CC1. The Kier molecular flexibility index (Phi) is 5.22. The van der Waals surface area contributed by atoms with Crippen LogP contribution < -0.4 is 5.32 Å². The number of aryl methyl sites for hydroxylation is 1. The third-order valence-corrected chi connectivity index (χ3v) is 5.21. The van der Waals surface area contributed by atoms with Gasteiger partial charge in [-0.05, 0) is 69.6 Å². The van der Waals surface area contributed by atoms with Crippen molar-refractivity contribution in [2.75, 3.05) is 20.6 Å². The van der Waals surface area contributed by atoms with Gasteiger partial charge in [0, 0.05) is 24.0 Å². The van der Waals surface area contributed by atoms with Crippen LogP contribution >= 0.6 is 11.3 Å². The van der Waals surface area contributed by atoms with Crippen molar-refractivity contribution in [2.45, 2.75) is 45.2 Å². The van der Waals surface area contributed by atoms with Crippen LogP contribution in [0, 0.1) is 12.8 Å².